The van der Waals surface area contributed by atoms with Crippen LogP contribution in [0.4, 0.5) is 10.3 Å². The number of ether oxygens (including phenoxy) is 1. The maximum atomic E-state index is 13.5. The Morgan fingerprint density at radius 2 is 1.84 bits per heavy atom. The molecule has 0 saturated carbocycles. The fourth-order valence-corrected chi connectivity index (χ4v) is 1.82. The maximum Gasteiger partial charge on any atom is 0.260 e. The fraction of sp³-hybridized carbons (Fsp3) is 0. The number of halogens is 1. The minimum atomic E-state index is -0.651. The summed E-state index contributed by atoms with van der Waals surface area (Å²) >= 11 is 0. The highest BCUT2D eigenvalue weighted by Gasteiger charge is 2.10. The molecule has 1 aromatic heterocycles. The molecule has 0 atom stereocenters. The Morgan fingerprint density at radius 3 is 2.74 bits per heavy atom. The number of benzene rings is 2. The van der Waals surface area contributed by atoms with Crippen molar-refractivity contribution in [3.05, 3.63) is 54.5 Å². The van der Waals surface area contributed by atoms with Gasteiger partial charge in [0.15, 0.2) is 0 Å². The van der Waals surface area contributed by atoms with Crippen LogP contribution < -0.4 is 10.5 Å². The SMILES string of the molecule is Nc1ncc(F)c(Oc2cccc3ccccc23)n1. The van der Waals surface area contributed by atoms with Crippen LogP contribution in [0.25, 0.3) is 10.8 Å². The second kappa shape index (κ2) is 4.53. The van der Waals surface area contributed by atoms with E-state index in [1.165, 1.54) is 0 Å². The number of fused-ring (bicyclic) bond motifs is 1. The standard InChI is InChI=1S/C14H10FN3O/c15-11-8-17-14(16)18-13(11)19-12-7-3-5-9-4-1-2-6-10(9)12/h1-8H,(H2,16,17,18). The zero-order valence-electron chi connectivity index (χ0n) is 9.88. The van der Waals surface area contributed by atoms with Gasteiger partial charge in [-0.15, -0.1) is 0 Å². The lowest BCUT2D eigenvalue weighted by Crippen LogP contribution is -1.99. The molecule has 2 N–H and O–H groups in total. The summed E-state index contributed by atoms with van der Waals surface area (Å²) in [5.74, 6) is -0.335. The van der Waals surface area contributed by atoms with Crippen LogP contribution in [-0.4, -0.2) is 9.97 Å². The van der Waals surface area contributed by atoms with Gasteiger partial charge in [-0.25, -0.2) is 4.98 Å². The van der Waals surface area contributed by atoms with Crippen LogP contribution in [-0.2, 0) is 0 Å². The van der Waals surface area contributed by atoms with Crippen LogP contribution in [0.2, 0.25) is 0 Å². The molecule has 3 rings (SSSR count). The summed E-state index contributed by atoms with van der Waals surface area (Å²) in [5, 5.41) is 1.88. The zero-order chi connectivity index (χ0) is 13.2. The fourth-order valence-electron chi connectivity index (χ4n) is 1.82. The van der Waals surface area contributed by atoms with Gasteiger partial charge in [0, 0.05) is 5.39 Å². The Morgan fingerprint density at radius 1 is 1.05 bits per heavy atom. The summed E-state index contributed by atoms with van der Waals surface area (Å²) in [6.45, 7) is 0. The van der Waals surface area contributed by atoms with E-state index in [1.54, 1.807) is 6.07 Å². The Balaban J connectivity index is 2.08. The number of nitrogens with two attached hydrogens (primary N) is 1. The topological polar surface area (TPSA) is 61.0 Å². The second-order valence-electron chi connectivity index (χ2n) is 3.96. The number of aromatic nitrogens is 2. The molecule has 0 amide bonds. The summed E-state index contributed by atoms with van der Waals surface area (Å²) in [5.41, 5.74) is 5.42. The molecule has 0 saturated heterocycles. The first-order valence-electron chi connectivity index (χ1n) is 5.67. The van der Waals surface area contributed by atoms with Gasteiger partial charge in [-0.05, 0) is 11.5 Å². The predicted octanol–water partition coefficient (Wildman–Crippen LogP) is 3.14. The van der Waals surface area contributed by atoms with Crippen molar-refractivity contribution in [3.8, 4) is 11.6 Å². The van der Waals surface area contributed by atoms with Crippen LogP contribution in [0, 0.1) is 5.82 Å². The highest BCUT2D eigenvalue weighted by molar-refractivity contribution is 5.88. The van der Waals surface area contributed by atoms with Gasteiger partial charge in [0.2, 0.25) is 11.8 Å². The lowest BCUT2D eigenvalue weighted by molar-refractivity contribution is 0.425. The summed E-state index contributed by atoms with van der Waals surface area (Å²) in [6.07, 6.45) is 0.989. The number of nitrogens with zero attached hydrogens (tertiary/aromatic N) is 2. The van der Waals surface area contributed by atoms with Gasteiger partial charge in [0.1, 0.15) is 5.75 Å². The van der Waals surface area contributed by atoms with E-state index in [1.807, 2.05) is 36.4 Å². The second-order valence-corrected chi connectivity index (χ2v) is 3.96. The van der Waals surface area contributed by atoms with Gasteiger partial charge in [0.05, 0.1) is 6.20 Å². The first-order chi connectivity index (χ1) is 9.24. The Labute approximate surface area is 108 Å². The third-order valence-electron chi connectivity index (χ3n) is 2.69. The Kier molecular flexibility index (Phi) is 2.72. The molecule has 0 spiro atoms. The largest absolute Gasteiger partial charge is 0.436 e. The third-order valence-corrected chi connectivity index (χ3v) is 2.69. The zero-order valence-corrected chi connectivity index (χ0v) is 9.88. The summed E-state index contributed by atoms with van der Waals surface area (Å²) in [7, 11) is 0. The first-order valence-corrected chi connectivity index (χ1v) is 5.67. The van der Waals surface area contributed by atoms with Crippen molar-refractivity contribution in [3.63, 3.8) is 0 Å². The number of rotatable bonds is 2. The molecule has 4 nitrogen and oxygen atoms in total. The van der Waals surface area contributed by atoms with Crippen LogP contribution in [0.3, 0.4) is 0 Å². The molecule has 1 heterocycles. The minimum Gasteiger partial charge on any atom is -0.436 e. The molecular weight excluding hydrogens is 245 g/mol. The highest BCUT2D eigenvalue weighted by atomic mass is 19.1. The lowest BCUT2D eigenvalue weighted by atomic mass is 10.1. The van der Waals surface area contributed by atoms with Crippen molar-refractivity contribution in [1.29, 1.82) is 0 Å². The van der Waals surface area contributed by atoms with Crippen molar-refractivity contribution in [2.75, 3.05) is 5.73 Å². The van der Waals surface area contributed by atoms with Crippen molar-refractivity contribution in [2.24, 2.45) is 0 Å². The molecule has 0 aliphatic rings. The third kappa shape index (κ3) is 2.18. The van der Waals surface area contributed by atoms with Gasteiger partial charge in [-0.1, -0.05) is 36.4 Å². The number of hydrogen-bond acceptors (Lipinski definition) is 4. The highest BCUT2D eigenvalue weighted by Crippen LogP contribution is 2.29. The van der Waals surface area contributed by atoms with Crippen LogP contribution in [0.5, 0.6) is 11.6 Å². The van der Waals surface area contributed by atoms with E-state index in [9.17, 15) is 4.39 Å². The van der Waals surface area contributed by atoms with Gasteiger partial charge in [0.25, 0.3) is 5.88 Å². The number of anilines is 1. The van der Waals surface area contributed by atoms with E-state index in [4.69, 9.17) is 10.5 Å². The van der Waals surface area contributed by atoms with Crippen molar-refractivity contribution in [2.45, 2.75) is 0 Å². The molecule has 0 radical (unpaired) electrons. The molecule has 5 heteroatoms. The molecule has 0 aliphatic carbocycles. The van der Waals surface area contributed by atoms with E-state index in [0.717, 1.165) is 17.0 Å². The predicted molar refractivity (Wildman–Crippen MR) is 70.4 cm³/mol. The summed E-state index contributed by atoms with van der Waals surface area (Å²) in [6, 6.07) is 13.2. The normalized spacial score (nSPS) is 10.6. The maximum absolute atomic E-state index is 13.5. The Hall–Kier alpha value is -2.69. The quantitative estimate of drug-likeness (QED) is 0.764. The van der Waals surface area contributed by atoms with E-state index < -0.39 is 5.82 Å². The van der Waals surface area contributed by atoms with Crippen LogP contribution >= 0.6 is 0 Å². The van der Waals surface area contributed by atoms with Crippen LogP contribution in [0.15, 0.2) is 48.7 Å². The first kappa shape index (κ1) is 11.4. The Bertz CT molecular complexity index is 740. The molecule has 94 valence electrons. The lowest BCUT2D eigenvalue weighted by Gasteiger charge is -2.08. The minimum absolute atomic E-state index is 0.0309. The molecule has 0 aliphatic heterocycles. The van der Waals surface area contributed by atoms with Gasteiger partial charge in [-0.2, -0.15) is 9.37 Å². The average Bonchev–Trinajstić information content (AvgIpc) is 2.43. The van der Waals surface area contributed by atoms with Crippen molar-refractivity contribution >= 4 is 16.7 Å². The molecule has 19 heavy (non-hydrogen) atoms. The number of nitrogen functional groups attached to an aromatic ring is 1. The van der Waals surface area contributed by atoms with E-state index >= 15 is 0 Å². The molecule has 0 unspecified atom stereocenters. The number of hydrogen-bond donors (Lipinski definition) is 1. The van der Waals surface area contributed by atoms with E-state index in [-0.39, 0.29) is 11.8 Å². The molecule has 0 fully saturated rings. The monoisotopic (exact) mass is 255 g/mol. The van der Waals surface area contributed by atoms with Crippen molar-refractivity contribution in [1.82, 2.24) is 9.97 Å². The molecule has 2 aromatic carbocycles. The van der Waals surface area contributed by atoms with Gasteiger partial charge < -0.3 is 10.5 Å². The van der Waals surface area contributed by atoms with Crippen LogP contribution in [0.1, 0.15) is 0 Å². The summed E-state index contributed by atoms with van der Waals surface area (Å²) in [4.78, 5) is 7.30. The van der Waals surface area contributed by atoms with Crippen molar-refractivity contribution < 1.29 is 9.13 Å². The van der Waals surface area contributed by atoms with Gasteiger partial charge >= 0.3 is 0 Å². The summed E-state index contributed by atoms with van der Waals surface area (Å²) < 4.78 is 19.0. The smallest absolute Gasteiger partial charge is 0.260 e. The average molecular weight is 255 g/mol. The van der Waals surface area contributed by atoms with E-state index in [2.05, 4.69) is 9.97 Å². The molecule has 0 bridgehead atoms. The van der Waals surface area contributed by atoms with Gasteiger partial charge in [-0.3, -0.25) is 0 Å². The van der Waals surface area contributed by atoms with E-state index in [0.29, 0.717) is 5.75 Å². The molecule has 3 aromatic rings. The molecular formula is C14H10FN3O.